The summed E-state index contributed by atoms with van der Waals surface area (Å²) >= 11 is 1.40. The first-order valence-corrected chi connectivity index (χ1v) is 11.9. The lowest BCUT2D eigenvalue weighted by molar-refractivity contribution is -0.0608. The minimum absolute atomic E-state index is 0.0612. The minimum Gasteiger partial charge on any atom is -0.369 e. The highest BCUT2D eigenvalue weighted by molar-refractivity contribution is 8.13. The molecule has 5 rings (SSSR count). The lowest BCUT2D eigenvalue weighted by atomic mass is 9.74. The van der Waals surface area contributed by atoms with Gasteiger partial charge < -0.3 is 10.1 Å². The van der Waals surface area contributed by atoms with E-state index >= 15 is 4.39 Å². The highest BCUT2D eigenvalue weighted by Gasteiger charge is 2.50. The van der Waals surface area contributed by atoms with Crippen LogP contribution in [0.2, 0.25) is 0 Å². The lowest BCUT2D eigenvalue weighted by Gasteiger charge is -2.46. The number of hydrogen-bond acceptors (Lipinski definition) is 6. The summed E-state index contributed by atoms with van der Waals surface area (Å²) in [7, 11) is 0. The maximum absolute atomic E-state index is 15.0. The number of carbonyl (C=O) groups is 1. The molecule has 0 spiro atoms. The van der Waals surface area contributed by atoms with Gasteiger partial charge in [-0.1, -0.05) is 36.0 Å². The Morgan fingerprint density at radius 3 is 2.71 bits per heavy atom. The van der Waals surface area contributed by atoms with Crippen molar-refractivity contribution in [2.24, 2.45) is 10.9 Å². The number of carbonyl (C=O) groups excluding carboxylic acids is 1. The zero-order valence-electron chi connectivity index (χ0n) is 18.4. The molecule has 1 fully saturated rings. The fraction of sp³-hybridized carbons (Fsp3) is 0.280. The van der Waals surface area contributed by atoms with E-state index < -0.39 is 17.2 Å². The van der Waals surface area contributed by atoms with Gasteiger partial charge in [0.25, 0.3) is 5.91 Å². The van der Waals surface area contributed by atoms with E-state index in [1.807, 2.05) is 13.0 Å². The standard InChI is InChI=1S/C25H22F2N4O2S/c1-15-11-29-21(12-28-15)22-9-17-13-34-24(30-23(32)16-5-3-2-4-6-16)31-25(17,14-33-22)19-8-7-18(26)10-20(19)27/h2-8,10-12,17,22H,9,13-14H2,1H3,(H,30,31,32). The molecule has 2 aliphatic heterocycles. The van der Waals surface area contributed by atoms with Crippen LogP contribution < -0.4 is 5.32 Å². The Morgan fingerprint density at radius 1 is 1.15 bits per heavy atom. The molecule has 0 radical (unpaired) electrons. The van der Waals surface area contributed by atoms with Crippen molar-refractivity contribution in [1.29, 1.82) is 0 Å². The van der Waals surface area contributed by atoms with Crippen LogP contribution in [0.15, 0.2) is 65.9 Å². The number of rotatable bonds is 3. The van der Waals surface area contributed by atoms with E-state index in [0.29, 0.717) is 28.6 Å². The van der Waals surface area contributed by atoms with Crippen molar-refractivity contribution in [3.63, 3.8) is 0 Å². The lowest BCUT2D eigenvalue weighted by Crippen LogP contribution is -2.49. The van der Waals surface area contributed by atoms with Gasteiger partial charge in [-0.05, 0) is 31.5 Å². The topological polar surface area (TPSA) is 76.5 Å². The number of ether oxygens (including phenoxy) is 1. The van der Waals surface area contributed by atoms with E-state index in [1.165, 1.54) is 23.9 Å². The third-order valence-electron chi connectivity index (χ3n) is 6.19. The molecule has 1 amide bonds. The van der Waals surface area contributed by atoms with Crippen molar-refractivity contribution >= 4 is 22.8 Å². The third-order valence-corrected chi connectivity index (χ3v) is 7.22. The van der Waals surface area contributed by atoms with Crippen molar-refractivity contribution < 1.29 is 18.3 Å². The number of thioether (sulfide) groups is 1. The van der Waals surface area contributed by atoms with Crippen LogP contribution in [0.4, 0.5) is 8.78 Å². The van der Waals surface area contributed by atoms with Crippen LogP contribution in [0, 0.1) is 24.5 Å². The maximum atomic E-state index is 15.0. The molecular weight excluding hydrogens is 458 g/mol. The summed E-state index contributed by atoms with van der Waals surface area (Å²) in [5, 5.41) is 3.22. The minimum atomic E-state index is -1.10. The van der Waals surface area contributed by atoms with E-state index in [-0.39, 0.29) is 30.1 Å². The molecule has 1 N–H and O–H groups in total. The van der Waals surface area contributed by atoms with Gasteiger partial charge in [0.1, 0.15) is 23.3 Å². The molecule has 174 valence electrons. The van der Waals surface area contributed by atoms with Gasteiger partial charge in [0.05, 0.1) is 24.2 Å². The number of amides is 1. The van der Waals surface area contributed by atoms with Crippen LogP contribution in [0.25, 0.3) is 0 Å². The second kappa shape index (κ2) is 9.23. The molecule has 3 aromatic rings. The van der Waals surface area contributed by atoms with Gasteiger partial charge in [0.2, 0.25) is 0 Å². The summed E-state index contributed by atoms with van der Waals surface area (Å²) < 4.78 is 34.9. The quantitative estimate of drug-likeness (QED) is 0.594. The molecule has 9 heteroatoms. The zero-order valence-corrected chi connectivity index (χ0v) is 19.2. The predicted octanol–water partition coefficient (Wildman–Crippen LogP) is 4.57. The van der Waals surface area contributed by atoms with Crippen LogP contribution in [-0.2, 0) is 10.3 Å². The van der Waals surface area contributed by atoms with Gasteiger partial charge in [-0.3, -0.25) is 14.8 Å². The number of aliphatic imine (C=N–C) groups is 1. The Morgan fingerprint density at radius 2 is 1.97 bits per heavy atom. The average molecular weight is 481 g/mol. The SMILES string of the molecule is Cc1cnc(C2CC3CSC(NC(=O)c4ccccc4)=NC3(c3ccc(F)cc3F)CO2)cn1. The molecule has 3 unspecified atom stereocenters. The number of halogens is 2. The molecule has 0 saturated carbocycles. The first kappa shape index (κ1) is 22.6. The molecule has 0 bridgehead atoms. The Balaban J connectivity index is 1.49. The number of nitrogens with zero attached hydrogens (tertiary/aromatic N) is 3. The second-order valence-electron chi connectivity index (χ2n) is 8.41. The molecule has 1 aromatic heterocycles. The summed E-state index contributed by atoms with van der Waals surface area (Å²) in [6, 6.07) is 12.3. The monoisotopic (exact) mass is 480 g/mol. The highest BCUT2D eigenvalue weighted by Crippen LogP contribution is 2.49. The Kier molecular flexibility index (Phi) is 6.14. The van der Waals surface area contributed by atoms with Crippen molar-refractivity contribution in [2.45, 2.75) is 25.0 Å². The number of hydrogen-bond donors (Lipinski definition) is 1. The smallest absolute Gasteiger partial charge is 0.257 e. The predicted molar refractivity (Wildman–Crippen MR) is 125 cm³/mol. The first-order chi connectivity index (χ1) is 16.4. The summed E-state index contributed by atoms with van der Waals surface area (Å²) in [4.78, 5) is 26.3. The molecule has 0 aliphatic carbocycles. The fourth-order valence-corrected chi connectivity index (χ4v) is 5.55. The van der Waals surface area contributed by atoms with Gasteiger partial charge in [0, 0.05) is 35.1 Å². The van der Waals surface area contributed by atoms with Crippen LogP contribution in [0.5, 0.6) is 0 Å². The van der Waals surface area contributed by atoms with Gasteiger partial charge in [-0.25, -0.2) is 13.8 Å². The van der Waals surface area contributed by atoms with Gasteiger partial charge >= 0.3 is 0 Å². The first-order valence-electron chi connectivity index (χ1n) is 10.9. The molecule has 3 atom stereocenters. The second-order valence-corrected chi connectivity index (χ2v) is 9.42. The number of amidine groups is 1. The molecule has 2 aromatic carbocycles. The Hall–Kier alpha value is -3.17. The highest BCUT2D eigenvalue weighted by atomic mass is 32.2. The van der Waals surface area contributed by atoms with Crippen LogP contribution in [-0.4, -0.2) is 33.4 Å². The van der Waals surface area contributed by atoms with E-state index in [0.717, 1.165) is 11.8 Å². The van der Waals surface area contributed by atoms with Crippen molar-refractivity contribution in [3.8, 4) is 0 Å². The average Bonchev–Trinajstić information content (AvgIpc) is 2.84. The number of fused-ring (bicyclic) bond motifs is 1. The third kappa shape index (κ3) is 4.33. The van der Waals surface area contributed by atoms with E-state index in [2.05, 4.69) is 15.3 Å². The van der Waals surface area contributed by atoms with E-state index in [4.69, 9.17) is 9.73 Å². The Bertz CT molecular complexity index is 1240. The van der Waals surface area contributed by atoms with Crippen LogP contribution in [0.3, 0.4) is 0 Å². The maximum Gasteiger partial charge on any atom is 0.257 e. The Labute approximate surface area is 199 Å². The number of aryl methyl sites for hydroxylation is 1. The van der Waals surface area contributed by atoms with Gasteiger partial charge in [-0.2, -0.15) is 0 Å². The largest absolute Gasteiger partial charge is 0.369 e. The fourth-order valence-electron chi connectivity index (χ4n) is 4.39. The zero-order chi connectivity index (χ0) is 23.7. The van der Waals surface area contributed by atoms with Gasteiger partial charge in [-0.15, -0.1) is 0 Å². The molecular formula is C25H22F2N4O2S. The normalized spacial score (nSPS) is 24.1. The summed E-state index contributed by atoms with van der Waals surface area (Å²) in [6.07, 6.45) is 3.60. The van der Waals surface area contributed by atoms with E-state index in [1.54, 1.807) is 36.7 Å². The molecule has 3 heterocycles. The summed E-state index contributed by atoms with van der Waals surface area (Å²) in [6.45, 7) is 1.92. The number of nitrogens with one attached hydrogen (secondary N) is 1. The number of aromatic nitrogens is 2. The van der Waals surface area contributed by atoms with E-state index in [9.17, 15) is 9.18 Å². The van der Waals surface area contributed by atoms with Crippen LogP contribution >= 0.6 is 11.8 Å². The molecule has 1 saturated heterocycles. The summed E-state index contributed by atoms with van der Waals surface area (Å²) in [5.74, 6) is -1.21. The van der Waals surface area contributed by atoms with Crippen LogP contribution in [0.1, 0.15) is 39.8 Å². The van der Waals surface area contributed by atoms with Crippen molar-refractivity contribution in [3.05, 3.63) is 95.1 Å². The molecule has 6 nitrogen and oxygen atoms in total. The van der Waals surface area contributed by atoms with Crippen molar-refractivity contribution in [2.75, 3.05) is 12.4 Å². The van der Waals surface area contributed by atoms with Crippen molar-refractivity contribution in [1.82, 2.24) is 15.3 Å². The summed E-state index contributed by atoms with van der Waals surface area (Å²) in [5.41, 5.74) is 1.15. The molecule has 34 heavy (non-hydrogen) atoms. The van der Waals surface area contributed by atoms with Gasteiger partial charge in [0.15, 0.2) is 5.17 Å². The molecule has 2 aliphatic rings. The number of benzene rings is 2.